The average Bonchev–Trinajstić information content (AvgIpc) is 4.12. The highest BCUT2D eigenvalue weighted by Gasteiger charge is 2.51. The van der Waals surface area contributed by atoms with Crippen molar-refractivity contribution in [3.63, 3.8) is 0 Å². The minimum absolute atomic E-state index is 0.462. The van der Waals surface area contributed by atoms with Crippen LogP contribution in [0.1, 0.15) is 22.3 Å². The van der Waals surface area contributed by atoms with Crippen LogP contribution in [-0.2, 0) is 5.41 Å². The third-order valence-corrected chi connectivity index (χ3v) is 15.0. The summed E-state index contributed by atoms with van der Waals surface area (Å²) in [6.07, 6.45) is 0. The minimum atomic E-state index is -0.462. The van der Waals surface area contributed by atoms with Gasteiger partial charge in [0.1, 0.15) is 11.2 Å². The maximum absolute atomic E-state index is 6.41. The summed E-state index contributed by atoms with van der Waals surface area (Å²) in [5.74, 6) is 0. The molecule has 3 nitrogen and oxygen atoms in total. The van der Waals surface area contributed by atoms with Crippen molar-refractivity contribution in [1.82, 2.24) is 4.57 Å². The largest absolute Gasteiger partial charge is 0.456 e. The van der Waals surface area contributed by atoms with Crippen LogP contribution in [0.2, 0.25) is 0 Å². The number of para-hydroxylation sites is 3. The van der Waals surface area contributed by atoms with Crippen LogP contribution in [0.15, 0.2) is 247 Å². The molecule has 2 aliphatic rings. The van der Waals surface area contributed by atoms with Gasteiger partial charge < -0.3 is 13.9 Å². The maximum Gasteiger partial charge on any atom is 0.137 e. The van der Waals surface area contributed by atoms with Crippen molar-refractivity contribution in [1.29, 1.82) is 0 Å². The monoisotopic (exact) mass is 864 g/mol. The molecule has 2 aromatic heterocycles. The summed E-state index contributed by atoms with van der Waals surface area (Å²) in [5, 5.41) is 7.06. The Balaban J connectivity index is 0.964. The third kappa shape index (κ3) is 5.02. The highest BCUT2D eigenvalue weighted by molar-refractivity contribution is 6.15. The van der Waals surface area contributed by atoms with Crippen LogP contribution >= 0.6 is 0 Å². The second-order valence-electron chi connectivity index (χ2n) is 18.3. The molecule has 0 saturated carbocycles. The Hall–Kier alpha value is -8.92. The number of anilines is 3. The van der Waals surface area contributed by atoms with E-state index < -0.39 is 5.41 Å². The molecule has 0 fully saturated rings. The van der Waals surface area contributed by atoms with Crippen molar-refractivity contribution >= 4 is 71.6 Å². The predicted octanol–water partition coefficient (Wildman–Crippen LogP) is 17.3. The lowest BCUT2D eigenvalue weighted by atomic mass is 9.70. The van der Waals surface area contributed by atoms with Gasteiger partial charge in [-0.15, -0.1) is 0 Å². The number of nitrogens with zero attached hydrogens (tertiary/aromatic N) is 2. The van der Waals surface area contributed by atoms with Gasteiger partial charge in [0, 0.05) is 33.1 Å². The normalized spacial score (nSPS) is 13.1. The number of aromatic nitrogens is 1. The Morgan fingerprint density at radius 3 is 1.71 bits per heavy atom. The number of rotatable bonds is 5. The number of hydrogen-bond acceptors (Lipinski definition) is 2. The molecule has 11 aromatic carbocycles. The Labute approximate surface area is 393 Å². The molecule has 1 spiro atoms. The molecular formula is C65H40N2O. The van der Waals surface area contributed by atoms with E-state index in [0.29, 0.717) is 0 Å². The number of fused-ring (bicyclic) bond motifs is 17. The summed E-state index contributed by atoms with van der Waals surface area (Å²) in [7, 11) is 0. The molecule has 13 aromatic rings. The number of hydrogen-bond donors (Lipinski definition) is 0. The zero-order valence-corrected chi connectivity index (χ0v) is 36.9. The minimum Gasteiger partial charge on any atom is -0.456 e. The second kappa shape index (κ2) is 14.0. The summed E-state index contributed by atoms with van der Waals surface area (Å²) in [4.78, 5) is 2.49. The molecule has 0 N–H and O–H groups in total. The van der Waals surface area contributed by atoms with E-state index in [1.54, 1.807) is 0 Å². The maximum atomic E-state index is 6.41. The molecule has 0 unspecified atom stereocenters. The van der Waals surface area contributed by atoms with E-state index >= 15 is 0 Å². The first-order valence-corrected chi connectivity index (χ1v) is 23.5. The lowest BCUT2D eigenvalue weighted by Gasteiger charge is -2.32. The molecule has 0 atom stereocenters. The van der Waals surface area contributed by atoms with Crippen LogP contribution in [-0.4, -0.2) is 4.57 Å². The summed E-state index contributed by atoms with van der Waals surface area (Å²) >= 11 is 0. The van der Waals surface area contributed by atoms with Crippen LogP contribution in [0, 0.1) is 0 Å². The molecule has 316 valence electrons. The van der Waals surface area contributed by atoms with Gasteiger partial charge in [0.05, 0.1) is 33.2 Å². The zero-order chi connectivity index (χ0) is 44.5. The van der Waals surface area contributed by atoms with Crippen molar-refractivity contribution < 1.29 is 4.42 Å². The molecule has 0 amide bonds. The Kier molecular flexibility index (Phi) is 7.71. The van der Waals surface area contributed by atoms with Crippen LogP contribution in [0.25, 0.3) is 93.6 Å². The van der Waals surface area contributed by atoms with Crippen LogP contribution in [0.5, 0.6) is 0 Å². The molecule has 2 aliphatic carbocycles. The van der Waals surface area contributed by atoms with Crippen molar-refractivity contribution in [3.05, 3.63) is 265 Å². The van der Waals surface area contributed by atoms with Gasteiger partial charge in [-0.3, -0.25) is 0 Å². The Morgan fingerprint density at radius 2 is 0.926 bits per heavy atom. The first kappa shape index (κ1) is 37.3. The van der Waals surface area contributed by atoms with Gasteiger partial charge in [-0.25, -0.2) is 0 Å². The summed E-state index contributed by atoms with van der Waals surface area (Å²) < 4.78 is 8.83. The van der Waals surface area contributed by atoms with Crippen molar-refractivity contribution in [2.75, 3.05) is 4.90 Å². The fraction of sp³-hybridized carbons (Fsp3) is 0.0154. The fourth-order valence-corrected chi connectivity index (χ4v) is 12.2. The van der Waals surface area contributed by atoms with Gasteiger partial charge >= 0.3 is 0 Å². The van der Waals surface area contributed by atoms with Crippen molar-refractivity contribution in [2.24, 2.45) is 0 Å². The predicted molar refractivity (Wildman–Crippen MR) is 282 cm³/mol. The summed E-state index contributed by atoms with van der Waals surface area (Å²) in [6, 6.07) is 89.5. The Morgan fingerprint density at radius 1 is 0.353 bits per heavy atom. The molecule has 0 bridgehead atoms. The van der Waals surface area contributed by atoms with E-state index in [1.807, 2.05) is 6.07 Å². The summed E-state index contributed by atoms with van der Waals surface area (Å²) in [5.41, 5.74) is 20.9. The van der Waals surface area contributed by atoms with E-state index in [2.05, 4.69) is 246 Å². The van der Waals surface area contributed by atoms with Crippen molar-refractivity contribution in [3.8, 4) is 39.1 Å². The van der Waals surface area contributed by atoms with E-state index in [0.717, 1.165) is 66.8 Å². The lowest BCUT2D eigenvalue weighted by molar-refractivity contribution is 0.669. The fourth-order valence-electron chi connectivity index (χ4n) is 12.2. The highest BCUT2D eigenvalue weighted by Crippen LogP contribution is 2.63. The second-order valence-corrected chi connectivity index (χ2v) is 18.3. The van der Waals surface area contributed by atoms with E-state index in [9.17, 15) is 0 Å². The molecule has 0 radical (unpaired) electrons. The Bertz CT molecular complexity index is 4180. The molecule has 15 rings (SSSR count). The molecule has 3 heteroatoms. The lowest BCUT2D eigenvalue weighted by Crippen LogP contribution is -2.26. The number of benzene rings is 11. The van der Waals surface area contributed by atoms with Crippen LogP contribution < -0.4 is 4.90 Å². The quantitative estimate of drug-likeness (QED) is 0.172. The van der Waals surface area contributed by atoms with E-state index in [-0.39, 0.29) is 0 Å². The van der Waals surface area contributed by atoms with E-state index in [1.165, 1.54) is 66.1 Å². The van der Waals surface area contributed by atoms with Crippen LogP contribution in [0.3, 0.4) is 0 Å². The number of furan rings is 1. The van der Waals surface area contributed by atoms with Gasteiger partial charge in [0.25, 0.3) is 0 Å². The molecule has 0 saturated heterocycles. The average molecular weight is 865 g/mol. The van der Waals surface area contributed by atoms with Crippen molar-refractivity contribution in [2.45, 2.75) is 5.41 Å². The van der Waals surface area contributed by atoms with Crippen LogP contribution in [0.4, 0.5) is 17.1 Å². The van der Waals surface area contributed by atoms with Gasteiger partial charge in [0.2, 0.25) is 0 Å². The third-order valence-electron chi connectivity index (χ3n) is 15.0. The summed E-state index contributed by atoms with van der Waals surface area (Å²) in [6.45, 7) is 0. The standard InChI is InChI=1S/C65H40N2O/c1-2-17-42-38-44(34-32-41(42)16-1)66(45-35-36-50-49-21-5-11-26-56(49)65(57(50)40-45)54-24-9-3-19-47(54)48-20-4-10-25-55(48)65)58-27-12-6-18-46(58)43-33-37-60-53(39-43)51-22-7-13-28-59(51)67(60)61-29-15-31-63-64(61)52-23-8-14-30-62(52)68-63/h1-40H. The molecule has 68 heavy (non-hydrogen) atoms. The zero-order valence-electron chi connectivity index (χ0n) is 36.9. The first-order valence-electron chi connectivity index (χ1n) is 23.5. The smallest absolute Gasteiger partial charge is 0.137 e. The molecular weight excluding hydrogens is 825 g/mol. The molecule has 2 heterocycles. The van der Waals surface area contributed by atoms with Gasteiger partial charge in [0.15, 0.2) is 0 Å². The first-order chi connectivity index (χ1) is 33.7. The SMILES string of the molecule is c1ccc(N(c2ccc3c(c2)C2(c4ccccc4-c4ccccc42)c2ccccc2-3)c2ccc3ccccc3c2)c(-c2ccc3c(c2)c2ccccc2n3-c2cccc3oc4ccccc4c23)c1. The van der Waals surface area contributed by atoms with Gasteiger partial charge in [-0.05, 0) is 128 Å². The molecule has 0 aliphatic heterocycles. The highest BCUT2D eigenvalue weighted by atomic mass is 16.3. The van der Waals surface area contributed by atoms with E-state index in [4.69, 9.17) is 4.42 Å². The topological polar surface area (TPSA) is 21.3 Å². The van der Waals surface area contributed by atoms with Gasteiger partial charge in [-0.2, -0.15) is 0 Å². The van der Waals surface area contributed by atoms with Gasteiger partial charge in [-0.1, -0.05) is 176 Å².